The Balaban J connectivity index is 2.03. The zero-order valence-corrected chi connectivity index (χ0v) is 14.8. The Morgan fingerprint density at radius 1 is 0.720 bits per heavy atom. The van der Waals surface area contributed by atoms with Crippen LogP contribution in [-0.4, -0.2) is 4.57 Å². The smallest absolute Gasteiger partial charge is 0.251 e. The molecule has 2 heteroatoms. The monoisotopic (exact) mass is 331 g/mol. The van der Waals surface area contributed by atoms with Crippen LogP contribution in [0.1, 0.15) is 32.6 Å². The van der Waals surface area contributed by atoms with Gasteiger partial charge in [0.05, 0.1) is 5.69 Å². The van der Waals surface area contributed by atoms with E-state index in [9.17, 15) is 4.79 Å². The molecule has 0 bridgehead atoms. The lowest BCUT2D eigenvalue weighted by Crippen LogP contribution is -2.21. The maximum atomic E-state index is 12.8. The summed E-state index contributed by atoms with van der Waals surface area (Å²) >= 11 is 0. The zero-order chi connectivity index (χ0) is 17.5. The Kier molecular flexibility index (Phi) is 5.84. The molecule has 2 nitrogen and oxygen atoms in total. The number of aromatic nitrogens is 1. The highest BCUT2D eigenvalue weighted by Crippen LogP contribution is 2.25. The number of nitrogens with zero attached hydrogens (tertiary/aromatic N) is 1. The summed E-state index contributed by atoms with van der Waals surface area (Å²) in [6.07, 6.45) is 4.63. The predicted octanol–water partition coefficient (Wildman–Crippen LogP) is 5.76. The van der Waals surface area contributed by atoms with Crippen LogP contribution < -0.4 is 5.56 Å². The van der Waals surface area contributed by atoms with Crippen LogP contribution in [0.5, 0.6) is 0 Å². The van der Waals surface area contributed by atoms with Crippen molar-refractivity contribution in [3.63, 3.8) is 0 Å². The summed E-state index contributed by atoms with van der Waals surface area (Å²) in [5.74, 6) is 0. The van der Waals surface area contributed by atoms with Crippen molar-refractivity contribution in [1.29, 1.82) is 0 Å². The van der Waals surface area contributed by atoms with Crippen molar-refractivity contribution in [3.8, 4) is 22.4 Å². The summed E-state index contributed by atoms with van der Waals surface area (Å²) in [4.78, 5) is 12.8. The van der Waals surface area contributed by atoms with Crippen LogP contribution in [0.25, 0.3) is 22.4 Å². The summed E-state index contributed by atoms with van der Waals surface area (Å²) in [5, 5.41) is 0. The van der Waals surface area contributed by atoms with E-state index in [-0.39, 0.29) is 5.56 Å². The molecule has 0 fully saturated rings. The van der Waals surface area contributed by atoms with E-state index in [1.54, 1.807) is 6.07 Å². The molecule has 0 aliphatic carbocycles. The Hall–Kier alpha value is -2.61. The van der Waals surface area contributed by atoms with E-state index in [0.29, 0.717) is 0 Å². The van der Waals surface area contributed by atoms with Gasteiger partial charge in [-0.3, -0.25) is 4.79 Å². The molecule has 0 aliphatic rings. The number of pyridine rings is 1. The molecule has 0 aliphatic heterocycles. The summed E-state index contributed by atoms with van der Waals surface area (Å²) < 4.78 is 1.93. The minimum absolute atomic E-state index is 0.0803. The van der Waals surface area contributed by atoms with Gasteiger partial charge in [0.2, 0.25) is 0 Å². The molecule has 128 valence electrons. The number of hydrogen-bond donors (Lipinski definition) is 0. The Morgan fingerprint density at radius 3 is 2.00 bits per heavy atom. The van der Waals surface area contributed by atoms with Crippen LogP contribution in [0.2, 0.25) is 0 Å². The number of benzene rings is 2. The van der Waals surface area contributed by atoms with E-state index in [2.05, 4.69) is 37.3 Å². The molecule has 0 amide bonds. The van der Waals surface area contributed by atoms with Crippen molar-refractivity contribution in [2.45, 2.75) is 39.2 Å². The second kappa shape index (κ2) is 8.48. The third-order valence-electron chi connectivity index (χ3n) is 4.54. The molecule has 0 spiro atoms. The third-order valence-corrected chi connectivity index (χ3v) is 4.54. The summed E-state index contributed by atoms with van der Waals surface area (Å²) in [5.41, 5.74) is 4.23. The van der Waals surface area contributed by atoms with Gasteiger partial charge in [0.15, 0.2) is 0 Å². The lowest BCUT2D eigenvalue weighted by atomic mass is 10.0. The summed E-state index contributed by atoms with van der Waals surface area (Å²) in [6.45, 7) is 2.98. The first-order chi connectivity index (χ1) is 12.3. The van der Waals surface area contributed by atoms with Crippen LogP contribution >= 0.6 is 0 Å². The molecule has 1 heterocycles. The average Bonchev–Trinajstić information content (AvgIpc) is 2.67. The highest BCUT2D eigenvalue weighted by molar-refractivity contribution is 5.70. The van der Waals surface area contributed by atoms with Crippen LogP contribution in [0.4, 0.5) is 0 Å². The fourth-order valence-electron chi connectivity index (χ4n) is 3.17. The molecule has 0 N–H and O–H groups in total. The predicted molar refractivity (Wildman–Crippen MR) is 106 cm³/mol. The topological polar surface area (TPSA) is 22.0 Å². The maximum Gasteiger partial charge on any atom is 0.251 e. The highest BCUT2D eigenvalue weighted by atomic mass is 16.1. The van der Waals surface area contributed by atoms with Crippen LogP contribution in [0, 0.1) is 0 Å². The normalized spacial score (nSPS) is 10.8. The Bertz CT molecular complexity index is 850. The van der Waals surface area contributed by atoms with Gasteiger partial charge in [-0.15, -0.1) is 0 Å². The van der Waals surface area contributed by atoms with E-state index in [4.69, 9.17) is 0 Å². The second-order valence-electron chi connectivity index (χ2n) is 6.41. The lowest BCUT2D eigenvalue weighted by molar-refractivity contribution is 0.574. The van der Waals surface area contributed by atoms with E-state index in [1.807, 2.05) is 41.0 Å². The van der Waals surface area contributed by atoms with Crippen LogP contribution in [-0.2, 0) is 6.54 Å². The van der Waals surface area contributed by atoms with E-state index >= 15 is 0 Å². The van der Waals surface area contributed by atoms with Gasteiger partial charge in [-0.25, -0.2) is 0 Å². The minimum atomic E-state index is 0.0803. The molecule has 0 saturated carbocycles. The first kappa shape index (κ1) is 17.2. The minimum Gasteiger partial charge on any atom is -0.308 e. The Labute approximate surface area is 149 Å². The lowest BCUT2D eigenvalue weighted by Gasteiger charge is -2.15. The first-order valence-corrected chi connectivity index (χ1v) is 9.15. The van der Waals surface area contributed by atoms with Gasteiger partial charge < -0.3 is 4.57 Å². The third kappa shape index (κ3) is 4.27. The standard InChI is InChI=1S/C23H25NO/c1-2-3-4-11-16-24-22(20-14-9-6-10-15-20)17-21(18-23(24)25)19-12-7-5-8-13-19/h5-10,12-15,17-18H,2-4,11,16H2,1H3. The molecule has 0 radical (unpaired) electrons. The highest BCUT2D eigenvalue weighted by Gasteiger charge is 2.10. The molecular formula is C23H25NO. The van der Waals surface area contributed by atoms with Crippen molar-refractivity contribution < 1.29 is 0 Å². The summed E-state index contributed by atoms with van der Waals surface area (Å²) in [6, 6.07) is 24.2. The second-order valence-corrected chi connectivity index (χ2v) is 6.41. The van der Waals surface area contributed by atoms with Gasteiger partial charge >= 0.3 is 0 Å². The molecule has 2 aromatic carbocycles. The van der Waals surface area contributed by atoms with Crippen molar-refractivity contribution in [2.24, 2.45) is 0 Å². The quantitative estimate of drug-likeness (QED) is 0.504. The van der Waals surface area contributed by atoms with Gasteiger partial charge in [-0.1, -0.05) is 86.8 Å². The van der Waals surface area contributed by atoms with Gasteiger partial charge in [-0.05, 0) is 29.2 Å². The van der Waals surface area contributed by atoms with Gasteiger partial charge in [0, 0.05) is 12.6 Å². The molecule has 25 heavy (non-hydrogen) atoms. The molecule has 0 unspecified atom stereocenters. The zero-order valence-electron chi connectivity index (χ0n) is 14.8. The fourth-order valence-corrected chi connectivity index (χ4v) is 3.17. The summed E-state index contributed by atoms with van der Waals surface area (Å²) in [7, 11) is 0. The largest absolute Gasteiger partial charge is 0.308 e. The van der Waals surface area contributed by atoms with Crippen molar-refractivity contribution in [3.05, 3.63) is 83.2 Å². The van der Waals surface area contributed by atoms with Gasteiger partial charge in [-0.2, -0.15) is 0 Å². The Morgan fingerprint density at radius 2 is 1.36 bits per heavy atom. The van der Waals surface area contributed by atoms with Crippen LogP contribution in [0.15, 0.2) is 77.6 Å². The number of rotatable bonds is 7. The molecular weight excluding hydrogens is 306 g/mol. The molecule has 0 saturated heterocycles. The van der Waals surface area contributed by atoms with E-state index < -0.39 is 0 Å². The average molecular weight is 331 g/mol. The maximum absolute atomic E-state index is 12.8. The van der Waals surface area contributed by atoms with E-state index in [1.165, 1.54) is 12.8 Å². The molecule has 0 atom stereocenters. The van der Waals surface area contributed by atoms with E-state index in [0.717, 1.165) is 41.8 Å². The van der Waals surface area contributed by atoms with Gasteiger partial charge in [0.1, 0.15) is 0 Å². The van der Waals surface area contributed by atoms with Gasteiger partial charge in [0.25, 0.3) is 5.56 Å². The SMILES string of the molecule is CCCCCCn1c(-c2ccccc2)cc(-c2ccccc2)cc1=O. The number of hydrogen-bond acceptors (Lipinski definition) is 1. The first-order valence-electron chi connectivity index (χ1n) is 9.15. The molecule has 3 rings (SSSR count). The van der Waals surface area contributed by atoms with Crippen molar-refractivity contribution >= 4 is 0 Å². The van der Waals surface area contributed by atoms with Crippen LogP contribution in [0.3, 0.4) is 0 Å². The fraction of sp³-hybridized carbons (Fsp3) is 0.261. The van der Waals surface area contributed by atoms with Crippen molar-refractivity contribution in [1.82, 2.24) is 4.57 Å². The molecule has 3 aromatic rings. The number of unbranched alkanes of at least 4 members (excludes halogenated alkanes) is 3. The molecule has 1 aromatic heterocycles. The van der Waals surface area contributed by atoms with Crippen molar-refractivity contribution in [2.75, 3.05) is 0 Å².